The molecular weight excluding hydrogens is 262 g/mol. The first kappa shape index (κ1) is 15.7. The second kappa shape index (κ2) is 6.23. The highest BCUT2D eigenvalue weighted by atomic mass is 16.6. The maximum absolute atomic E-state index is 10.9. The molecule has 1 aromatic rings. The molecule has 3 N–H and O–H groups in total. The van der Waals surface area contributed by atoms with Crippen molar-refractivity contribution < 1.29 is 14.4 Å². The lowest BCUT2D eigenvalue weighted by Gasteiger charge is -2.22. The normalized spacial score (nSPS) is 10.9. The van der Waals surface area contributed by atoms with E-state index in [0.717, 1.165) is 0 Å². The van der Waals surface area contributed by atoms with Gasteiger partial charge in [0.05, 0.1) is 30.5 Å². The highest BCUT2D eigenvalue weighted by Crippen LogP contribution is 2.31. The van der Waals surface area contributed by atoms with Crippen LogP contribution in [0.2, 0.25) is 0 Å². The summed E-state index contributed by atoms with van der Waals surface area (Å²) in [5, 5.41) is 18.3. The number of nitro benzene ring substituents is 1. The minimum Gasteiger partial charge on any atom is -0.493 e. The molecule has 110 valence electrons. The van der Waals surface area contributed by atoms with Crippen LogP contribution in [0.1, 0.15) is 20.3 Å². The average molecular weight is 281 g/mol. The standard InChI is InChI=1S/C13H19N3O4/c1-13(2,12(14)15)6-7-20-9-4-5-11(19-3)10(8-9)16(17)18/h4-5,8H,6-7H2,1-3H3,(H3,14,15). The van der Waals surface area contributed by atoms with Crippen molar-refractivity contribution in [2.45, 2.75) is 20.3 Å². The zero-order valence-electron chi connectivity index (χ0n) is 11.8. The molecule has 0 unspecified atom stereocenters. The van der Waals surface area contributed by atoms with Gasteiger partial charge in [-0.3, -0.25) is 15.5 Å². The first-order valence-electron chi connectivity index (χ1n) is 6.07. The first-order valence-corrected chi connectivity index (χ1v) is 6.07. The Hall–Kier alpha value is -2.31. The molecule has 1 aromatic carbocycles. The molecule has 0 aliphatic heterocycles. The summed E-state index contributed by atoms with van der Waals surface area (Å²) in [6, 6.07) is 4.41. The van der Waals surface area contributed by atoms with Gasteiger partial charge in [-0.2, -0.15) is 0 Å². The van der Waals surface area contributed by atoms with E-state index in [2.05, 4.69) is 0 Å². The van der Waals surface area contributed by atoms with Crippen molar-refractivity contribution in [1.29, 1.82) is 5.41 Å². The molecule has 0 saturated carbocycles. The molecule has 1 rings (SSSR count). The number of methoxy groups -OCH3 is 1. The summed E-state index contributed by atoms with van der Waals surface area (Å²) < 4.78 is 10.4. The Morgan fingerprint density at radius 1 is 1.50 bits per heavy atom. The molecule has 7 heteroatoms. The molecule has 0 radical (unpaired) electrons. The molecule has 0 saturated heterocycles. The quantitative estimate of drug-likeness (QED) is 0.345. The Bertz CT molecular complexity index is 514. The van der Waals surface area contributed by atoms with Gasteiger partial charge in [-0.15, -0.1) is 0 Å². The Kier molecular flexibility index (Phi) is 4.90. The summed E-state index contributed by atoms with van der Waals surface area (Å²) in [7, 11) is 1.37. The van der Waals surface area contributed by atoms with Gasteiger partial charge in [0.2, 0.25) is 0 Å². The van der Waals surface area contributed by atoms with E-state index >= 15 is 0 Å². The fourth-order valence-corrected chi connectivity index (χ4v) is 1.46. The van der Waals surface area contributed by atoms with Crippen molar-refractivity contribution in [1.82, 2.24) is 0 Å². The molecule has 0 aromatic heterocycles. The predicted molar refractivity (Wildman–Crippen MR) is 75.5 cm³/mol. The van der Waals surface area contributed by atoms with Crippen molar-refractivity contribution in [3.8, 4) is 11.5 Å². The van der Waals surface area contributed by atoms with Gasteiger partial charge in [0.25, 0.3) is 0 Å². The van der Waals surface area contributed by atoms with Crippen LogP contribution in [0.15, 0.2) is 18.2 Å². The summed E-state index contributed by atoms with van der Waals surface area (Å²) in [5.41, 5.74) is 4.87. The summed E-state index contributed by atoms with van der Waals surface area (Å²) in [6.07, 6.45) is 0.544. The molecule has 20 heavy (non-hydrogen) atoms. The lowest BCUT2D eigenvalue weighted by molar-refractivity contribution is -0.385. The van der Waals surface area contributed by atoms with E-state index in [4.69, 9.17) is 20.6 Å². The van der Waals surface area contributed by atoms with Crippen LogP contribution in [-0.2, 0) is 0 Å². The van der Waals surface area contributed by atoms with Gasteiger partial charge in [0.15, 0.2) is 5.75 Å². The highest BCUT2D eigenvalue weighted by Gasteiger charge is 2.22. The molecule has 0 amide bonds. The zero-order chi connectivity index (χ0) is 15.3. The van der Waals surface area contributed by atoms with Crippen LogP contribution >= 0.6 is 0 Å². The van der Waals surface area contributed by atoms with Crippen molar-refractivity contribution >= 4 is 11.5 Å². The minimum absolute atomic E-state index is 0.0850. The van der Waals surface area contributed by atoms with E-state index < -0.39 is 10.3 Å². The molecule has 0 aliphatic rings. The number of nitrogens with one attached hydrogen (secondary N) is 1. The van der Waals surface area contributed by atoms with Crippen LogP contribution < -0.4 is 15.2 Å². The molecule has 0 heterocycles. The number of ether oxygens (including phenoxy) is 2. The van der Waals surface area contributed by atoms with Crippen LogP contribution in [0.5, 0.6) is 11.5 Å². The fraction of sp³-hybridized carbons (Fsp3) is 0.462. The van der Waals surface area contributed by atoms with E-state index in [-0.39, 0.29) is 17.3 Å². The Morgan fingerprint density at radius 2 is 2.15 bits per heavy atom. The van der Waals surface area contributed by atoms with Crippen molar-refractivity contribution in [2.75, 3.05) is 13.7 Å². The number of nitrogens with two attached hydrogens (primary N) is 1. The van der Waals surface area contributed by atoms with E-state index in [1.54, 1.807) is 6.07 Å². The average Bonchev–Trinajstić information content (AvgIpc) is 2.38. The third-order valence-electron chi connectivity index (χ3n) is 3.07. The van der Waals surface area contributed by atoms with E-state index in [9.17, 15) is 10.1 Å². The van der Waals surface area contributed by atoms with Gasteiger partial charge in [-0.1, -0.05) is 13.8 Å². The Labute approximate surface area is 117 Å². The smallest absolute Gasteiger partial charge is 0.314 e. The van der Waals surface area contributed by atoms with Crippen LogP contribution in [0, 0.1) is 20.9 Å². The number of rotatable bonds is 7. The maximum Gasteiger partial charge on any atom is 0.314 e. The second-order valence-electron chi connectivity index (χ2n) is 4.99. The molecule has 0 bridgehead atoms. The van der Waals surface area contributed by atoms with Crippen molar-refractivity contribution in [3.05, 3.63) is 28.3 Å². The monoisotopic (exact) mass is 281 g/mol. The summed E-state index contributed by atoms with van der Waals surface area (Å²) >= 11 is 0. The highest BCUT2D eigenvalue weighted by molar-refractivity contribution is 5.82. The van der Waals surface area contributed by atoms with Gasteiger partial charge < -0.3 is 15.2 Å². The number of nitro groups is 1. The molecule has 0 spiro atoms. The predicted octanol–water partition coefficient (Wildman–Crippen LogP) is 2.33. The molecule has 0 atom stereocenters. The maximum atomic E-state index is 10.9. The lowest BCUT2D eigenvalue weighted by Crippen LogP contribution is -2.32. The van der Waals surface area contributed by atoms with Gasteiger partial charge in [-0.25, -0.2) is 0 Å². The van der Waals surface area contributed by atoms with Gasteiger partial charge in [0.1, 0.15) is 5.75 Å². The molecule has 7 nitrogen and oxygen atoms in total. The van der Waals surface area contributed by atoms with Crippen LogP contribution in [0.25, 0.3) is 0 Å². The summed E-state index contributed by atoms with van der Waals surface area (Å²) in [6.45, 7) is 4.00. The molecule has 0 fully saturated rings. The molecular formula is C13H19N3O4. The van der Waals surface area contributed by atoms with E-state index in [0.29, 0.717) is 18.8 Å². The van der Waals surface area contributed by atoms with Gasteiger partial charge >= 0.3 is 5.69 Å². The first-order chi connectivity index (χ1) is 9.27. The third-order valence-corrected chi connectivity index (χ3v) is 3.07. The largest absolute Gasteiger partial charge is 0.493 e. The van der Waals surface area contributed by atoms with Crippen molar-refractivity contribution in [2.24, 2.45) is 11.1 Å². The van der Waals surface area contributed by atoms with Crippen LogP contribution in [-0.4, -0.2) is 24.5 Å². The molecule has 0 aliphatic carbocycles. The fourth-order valence-electron chi connectivity index (χ4n) is 1.46. The van der Waals surface area contributed by atoms with Gasteiger partial charge in [0, 0.05) is 5.41 Å². The third kappa shape index (κ3) is 3.84. The number of benzene rings is 1. The SMILES string of the molecule is COc1ccc(OCCC(C)(C)C(=N)N)cc1[N+](=O)[O-]. The van der Waals surface area contributed by atoms with E-state index in [1.807, 2.05) is 13.8 Å². The summed E-state index contributed by atoms with van der Waals surface area (Å²) in [4.78, 5) is 10.4. The van der Waals surface area contributed by atoms with Crippen molar-refractivity contribution in [3.63, 3.8) is 0 Å². The second-order valence-corrected chi connectivity index (χ2v) is 4.99. The van der Waals surface area contributed by atoms with Crippen LogP contribution in [0.4, 0.5) is 5.69 Å². The Morgan fingerprint density at radius 3 is 2.65 bits per heavy atom. The topological polar surface area (TPSA) is 111 Å². The lowest BCUT2D eigenvalue weighted by atomic mass is 9.88. The summed E-state index contributed by atoms with van der Waals surface area (Å²) in [5.74, 6) is 0.657. The minimum atomic E-state index is -0.523. The number of amidine groups is 1. The number of hydrogen-bond acceptors (Lipinski definition) is 5. The van der Waals surface area contributed by atoms with Gasteiger partial charge in [-0.05, 0) is 18.6 Å². The zero-order valence-corrected chi connectivity index (χ0v) is 11.8. The number of nitrogens with zero attached hydrogens (tertiary/aromatic N) is 1. The number of hydrogen-bond donors (Lipinski definition) is 2. The van der Waals surface area contributed by atoms with E-state index in [1.165, 1.54) is 19.2 Å². The Balaban J connectivity index is 2.72. The van der Waals surface area contributed by atoms with Crippen LogP contribution in [0.3, 0.4) is 0 Å².